The molecule has 7 rings (SSSR count). The first-order valence-corrected chi connectivity index (χ1v) is 15.9. The quantitative estimate of drug-likeness (QED) is 0.295. The van der Waals surface area contributed by atoms with E-state index >= 15 is 0 Å². The molecule has 2 aromatic heterocycles. The Morgan fingerprint density at radius 2 is 1.77 bits per heavy atom. The number of nitrogens with zero attached hydrogens (tertiary/aromatic N) is 4. The molecule has 2 N–H and O–H groups in total. The molecule has 9 nitrogen and oxygen atoms in total. The van der Waals surface area contributed by atoms with Gasteiger partial charge in [0.05, 0.1) is 10.6 Å². The molecule has 1 saturated carbocycles. The molecule has 4 aromatic rings. The fourth-order valence-corrected chi connectivity index (χ4v) is 8.24. The van der Waals surface area contributed by atoms with E-state index in [2.05, 4.69) is 21.6 Å². The number of nitrogens with one attached hydrogen (secondary N) is 2. The van der Waals surface area contributed by atoms with E-state index in [1.54, 1.807) is 29.5 Å². The van der Waals surface area contributed by atoms with Crippen molar-refractivity contribution in [3.63, 3.8) is 0 Å². The van der Waals surface area contributed by atoms with Crippen molar-refractivity contribution >= 4 is 40.3 Å². The standard InChI is InChI=1S/C34H36N6O3S/c1-19-24(6-5-7-26(19)37-32(41)28-17-25-21-8-9-22(16-21)30(25)44-28)27-18-40(4)34(43)31(36-27)35-23-12-10-20(11-13-23)29-33(42)39(3)15-14-38(29)2/h5-7,10-13,17-18,21-22,29H,8-9,14-16H2,1-4H3,(H,35,36)(H,37,41). The summed E-state index contributed by atoms with van der Waals surface area (Å²) in [6.07, 6.45) is 5.44. The molecule has 2 aliphatic carbocycles. The number of aromatic nitrogens is 2. The van der Waals surface area contributed by atoms with Gasteiger partial charge in [0.2, 0.25) is 5.91 Å². The van der Waals surface area contributed by atoms with E-state index in [1.165, 1.54) is 34.3 Å². The summed E-state index contributed by atoms with van der Waals surface area (Å²) < 4.78 is 1.51. The fraction of sp³-hybridized carbons (Fsp3) is 0.353. The van der Waals surface area contributed by atoms with Gasteiger partial charge in [-0.3, -0.25) is 19.3 Å². The first-order valence-electron chi connectivity index (χ1n) is 15.1. The van der Waals surface area contributed by atoms with Crippen molar-refractivity contribution in [2.75, 3.05) is 37.8 Å². The Bertz CT molecular complexity index is 1820. The summed E-state index contributed by atoms with van der Waals surface area (Å²) in [5.41, 5.74) is 5.75. The first-order chi connectivity index (χ1) is 21.2. The Morgan fingerprint density at radius 3 is 2.55 bits per heavy atom. The SMILES string of the molecule is Cc1c(NC(=O)c2cc3c(s2)C2CCC3C2)cccc1-c1cn(C)c(=O)c(Nc2ccc(C3C(=O)N(C)CCN3C)cc2)n1. The van der Waals surface area contributed by atoms with E-state index in [4.69, 9.17) is 4.98 Å². The predicted molar refractivity (Wildman–Crippen MR) is 174 cm³/mol. The first kappa shape index (κ1) is 28.5. The van der Waals surface area contributed by atoms with Crippen LogP contribution in [0.1, 0.15) is 68.4 Å². The molecule has 226 valence electrons. The second-order valence-corrected chi connectivity index (χ2v) is 13.4. The summed E-state index contributed by atoms with van der Waals surface area (Å²) >= 11 is 1.64. The van der Waals surface area contributed by atoms with E-state index < -0.39 is 0 Å². The zero-order valence-electron chi connectivity index (χ0n) is 25.4. The number of fused-ring (bicyclic) bond motifs is 5. The minimum atomic E-state index is -0.330. The molecule has 3 unspecified atom stereocenters. The highest BCUT2D eigenvalue weighted by molar-refractivity contribution is 7.14. The van der Waals surface area contributed by atoms with E-state index in [9.17, 15) is 14.4 Å². The molecular formula is C34H36N6O3S. The molecule has 0 spiro atoms. The number of rotatable bonds is 6. The highest BCUT2D eigenvalue weighted by Crippen LogP contribution is 2.56. The van der Waals surface area contributed by atoms with Crippen molar-refractivity contribution in [3.05, 3.63) is 91.5 Å². The van der Waals surface area contributed by atoms with Crippen LogP contribution in [0.15, 0.2) is 59.5 Å². The zero-order chi connectivity index (χ0) is 30.7. The summed E-state index contributed by atoms with van der Waals surface area (Å²) in [7, 11) is 5.49. The van der Waals surface area contributed by atoms with Crippen LogP contribution in [0.5, 0.6) is 0 Å². The number of hydrogen-bond donors (Lipinski definition) is 2. The van der Waals surface area contributed by atoms with Gasteiger partial charge in [0.1, 0.15) is 6.04 Å². The van der Waals surface area contributed by atoms with Crippen LogP contribution >= 0.6 is 11.3 Å². The van der Waals surface area contributed by atoms with Gasteiger partial charge in [0.15, 0.2) is 5.82 Å². The number of carbonyl (C=O) groups is 2. The number of thiophene rings is 1. The van der Waals surface area contributed by atoms with Gasteiger partial charge in [0.25, 0.3) is 11.5 Å². The van der Waals surface area contributed by atoms with Crippen molar-refractivity contribution in [2.24, 2.45) is 7.05 Å². The van der Waals surface area contributed by atoms with Gasteiger partial charge < -0.3 is 20.1 Å². The molecule has 0 radical (unpaired) electrons. The minimum Gasteiger partial charge on any atom is -0.343 e. The van der Waals surface area contributed by atoms with Crippen LogP contribution in [0.3, 0.4) is 0 Å². The van der Waals surface area contributed by atoms with Crippen molar-refractivity contribution in [3.8, 4) is 11.3 Å². The van der Waals surface area contributed by atoms with Crippen molar-refractivity contribution in [1.82, 2.24) is 19.4 Å². The number of amides is 2. The number of carbonyl (C=O) groups excluding carboxylic acids is 2. The molecule has 1 aliphatic heterocycles. The highest BCUT2D eigenvalue weighted by Gasteiger charge is 2.39. The van der Waals surface area contributed by atoms with Gasteiger partial charge in [-0.2, -0.15) is 0 Å². The van der Waals surface area contributed by atoms with Crippen LogP contribution in [0.25, 0.3) is 11.3 Å². The van der Waals surface area contributed by atoms with Crippen LogP contribution in [0.2, 0.25) is 0 Å². The number of benzene rings is 2. The highest BCUT2D eigenvalue weighted by atomic mass is 32.1. The molecule has 3 heterocycles. The second kappa shape index (κ2) is 11.0. The lowest BCUT2D eigenvalue weighted by Gasteiger charge is -2.37. The average Bonchev–Trinajstić information content (AvgIpc) is 3.74. The predicted octanol–water partition coefficient (Wildman–Crippen LogP) is 5.62. The Morgan fingerprint density at radius 1 is 1.00 bits per heavy atom. The van der Waals surface area contributed by atoms with Gasteiger partial charge in [-0.15, -0.1) is 11.3 Å². The third-order valence-corrected chi connectivity index (χ3v) is 10.8. The summed E-state index contributed by atoms with van der Waals surface area (Å²) in [4.78, 5) is 49.9. The summed E-state index contributed by atoms with van der Waals surface area (Å²) in [5, 5.41) is 6.31. The summed E-state index contributed by atoms with van der Waals surface area (Å²) in [6.45, 7) is 3.47. The lowest BCUT2D eigenvalue weighted by Crippen LogP contribution is -2.48. The van der Waals surface area contributed by atoms with Gasteiger partial charge >= 0.3 is 0 Å². The van der Waals surface area contributed by atoms with Crippen molar-refractivity contribution in [2.45, 2.75) is 44.1 Å². The average molecular weight is 609 g/mol. The third-order valence-electron chi connectivity index (χ3n) is 9.52. The van der Waals surface area contributed by atoms with Gasteiger partial charge in [-0.05, 0) is 86.0 Å². The Kier molecular flexibility index (Phi) is 7.13. The lowest BCUT2D eigenvalue weighted by molar-refractivity contribution is -0.139. The molecule has 2 fully saturated rings. The van der Waals surface area contributed by atoms with Crippen LogP contribution in [-0.2, 0) is 11.8 Å². The van der Waals surface area contributed by atoms with E-state index in [0.717, 1.165) is 33.8 Å². The van der Waals surface area contributed by atoms with Crippen molar-refractivity contribution < 1.29 is 9.59 Å². The maximum Gasteiger partial charge on any atom is 0.293 e. The fourth-order valence-electron chi connectivity index (χ4n) is 6.95. The molecule has 2 amide bonds. The molecule has 3 atom stereocenters. The number of hydrogen-bond acceptors (Lipinski definition) is 7. The molecule has 10 heteroatoms. The Labute approximate surface area is 260 Å². The monoisotopic (exact) mass is 608 g/mol. The van der Waals surface area contributed by atoms with Gasteiger partial charge in [-0.1, -0.05) is 24.3 Å². The van der Waals surface area contributed by atoms with Crippen LogP contribution in [0.4, 0.5) is 17.2 Å². The summed E-state index contributed by atoms with van der Waals surface area (Å²) in [6, 6.07) is 15.1. The molecule has 44 heavy (non-hydrogen) atoms. The number of piperazine rings is 1. The van der Waals surface area contributed by atoms with Gasteiger partial charge in [0, 0.05) is 55.2 Å². The minimum absolute atomic E-state index is 0.0717. The smallest absolute Gasteiger partial charge is 0.293 e. The normalized spacial score (nSPS) is 21.0. The van der Waals surface area contributed by atoms with E-state index in [-0.39, 0.29) is 29.2 Å². The Balaban J connectivity index is 1.12. The molecule has 3 aliphatic rings. The maximum atomic E-state index is 13.3. The Hall–Kier alpha value is -4.28. The topological polar surface area (TPSA) is 99.6 Å². The maximum absolute atomic E-state index is 13.3. The van der Waals surface area contributed by atoms with E-state index in [0.29, 0.717) is 29.8 Å². The third kappa shape index (κ3) is 4.92. The molecule has 1 saturated heterocycles. The number of aryl methyl sites for hydroxylation is 1. The van der Waals surface area contributed by atoms with E-state index in [1.807, 2.05) is 63.5 Å². The van der Waals surface area contributed by atoms with Gasteiger partial charge in [-0.25, -0.2) is 4.98 Å². The molecule has 2 bridgehead atoms. The second-order valence-electron chi connectivity index (χ2n) is 12.4. The molecule has 2 aromatic carbocycles. The number of anilines is 3. The van der Waals surface area contributed by atoms with Crippen LogP contribution in [0, 0.1) is 6.92 Å². The number of likely N-dealkylation sites (N-methyl/N-ethyl adjacent to an activating group) is 2. The largest absolute Gasteiger partial charge is 0.343 e. The lowest BCUT2D eigenvalue weighted by atomic mass is 9.99. The summed E-state index contributed by atoms with van der Waals surface area (Å²) in [5.74, 6) is 1.44. The molecular weight excluding hydrogens is 572 g/mol. The zero-order valence-corrected chi connectivity index (χ0v) is 26.2. The van der Waals surface area contributed by atoms with Crippen LogP contribution < -0.4 is 16.2 Å². The van der Waals surface area contributed by atoms with Crippen molar-refractivity contribution in [1.29, 1.82) is 0 Å². The van der Waals surface area contributed by atoms with Crippen LogP contribution in [-0.4, -0.2) is 58.4 Å².